The molecule has 0 aliphatic carbocycles. The van der Waals surface area contributed by atoms with Gasteiger partial charge in [-0.15, -0.1) is 0 Å². The molecule has 2 heterocycles. The second kappa shape index (κ2) is 6.22. The number of nitrogens with zero attached hydrogens (tertiary/aromatic N) is 3. The average molecular weight is 250 g/mol. The van der Waals surface area contributed by atoms with E-state index >= 15 is 0 Å². The number of aryl methyl sites for hydroxylation is 1. The van der Waals surface area contributed by atoms with Gasteiger partial charge in [0, 0.05) is 25.3 Å². The summed E-state index contributed by atoms with van der Waals surface area (Å²) in [5, 5.41) is 3.29. The van der Waals surface area contributed by atoms with Crippen molar-refractivity contribution in [3.8, 4) is 0 Å². The Bertz CT molecular complexity index is 397. The lowest BCUT2D eigenvalue weighted by molar-refractivity contribution is -0.0256. The van der Waals surface area contributed by atoms with Crippen LogP contribution >= 0.6 is 0 Å². The summed E-state index contributed by atoms with van der Waals surface area (Å²) in [4.78, 5) is 11.4. The van der Waals surface area contributed by atoms with Gasteiger partial charge in [-0.1, -0.05) is 6.92 Å². The van der Waals surface area contributed by atoms with Crippen LogP contribution in [0.4, 0.5) is 0 Å². The van der Waals surface area contributed by atoms with E-state index in [-0.39, 0.29) is 6.10 Å². The van der Waals surface area contributed by atoms with Crippen molar-refractivity contribution in [2.24, 2.45) is 0 Å². The van der Waals surface area contributed by atoms with Crippen molar-refractivity contribution in [3.63, 3.8) is 0 Å². The molecule has 1 aromatic heterocycles. The number of hydrogen-bond donors (Lipinski definition) is 1. The van der Waals surface area contributed by atoms with Gasteiger partial charge in [0.25, 0.3) is 0 Å². The van der Waals surface area contributed by atoms with Crippen LogP contribution in [0.5, 0.6) is 0 Å². The Morgan fingerprint density at radius 2 is 2.33 bits per heavy atom. The summed E-state index contributed by atoms with van der Waals surface area (Å²) in [6, 6.07) is 2.03. The minimum atomic E-state index is 0.00373. The molecule has 0 aromatic carbocycles. The first-order valence-electron chi connectivity index (χ1n) is 6.54. The van der Waals surface area contributed by atoms with Crippen molar-refractivity contribution >= 4 is 0 Å². The molecule has 0 radical (unpaired) electrons. The quantitative estimate of drug-likeness (QED) is 0.860. The van der Waals surface area contributed by atoms with E-state index in [0.29, 0.717) is 0 Å². The van der Waals surface area contributed by atoms with Gasteiger partial charge in [0.15, 0.2) is 5.82 Å². The Kier molecular flexibility index (Phi) is 4.63. The maximum absolute atomic E-state index is 5.76. The van der Waals surface area contributed by atoms with E-state index in [0.717, 1.165) is 50.0 Å². The lowest BCUT2D eigenvalue weighted by Gasteiger charge is -2.29. The van der Waals surface area contributed by atoms with E-state index in [2.05, 4.69) is 34.2 Å². The second-order valence-electron chi connectivity index (χ2n) is 4.76. The normalized spacial score (nSPS) is 21.2. The summed E-state index contributed by atoms with van der Waals surface area (Å²) >= 11 is 0. The Morgan fingerprint density at radius 3 is 3.06 bits per heavy atom. The van der Waals surface area contributed by atoms with E-state index < -0.39 is 0 Å². The summed E-state index contributed by atoms with van der Waals surface area (Å²) in [6.07, 6.45) is 0.00373. The van der Waals surface area contributed by atoms with Gasteiger partial charge < -0.3 is 15.0 Å². The Balaban J connectivity index is 2.13. The van der Waals surface area contributed by atoms with Crippen molar-refractivity contribution in [1.82, 2.24) is 20.2 Å². The van der Waals surface area contributed by atoms with Crippen LogP contribution in [0.3, 0.4) is 0 Å². The van der Waals surface area contributed by atoms with Crippen LogP contribution in [0.2, 0.25) is 0 Å². The lowest BCUT2D eigenvalue weighted by Crippen LogP contribution is -2.36. The van der Waals surface area contributed by atoms with Crippen molar-refractivity contribution in [2.45, 2.75) is 26.5 Å². The van der Waals surface area contributed by atoms with Gasteiger partial charge in [-0.25, -0.2) is 9.97 Å². The molecule has 18 heavy (non-hydrogen) atoms. The third-order valence-electron chi connectivity index (χ3n) is 3.04. The molecule has 5 heteroatoms. The topological polar surface area (TPSA) is 50.3 Å². The molecule has 1 N–H and O–H groups in total. The minimum absolute atomic E-state index is 0.00373. The van der Waals surface area contributed by atoms with Crippen LogP contribution < -0.4 is 5.32 Å². The maximum atomic E-state index is 5.76. The molecule has 1 aliphatic rings. The van der Waals surface area contributed by atoms with Crippen LogP contribution in [0.1, 0.15) is 30.2 Å². The fourth-order valence-corrected chi connectivity index (χ4v) is 2.08. The third kappa shape index (κ3) is 3.48. The van der Waals surface area contributed by atoms with Crippen LogP contribution in [0.15, 0.2) is 6.07 Å². The smallest absolute Gasteiger partial charge is 0.158 e. The molecule has 1 aliphatic heterocycles. The zero-order chi connectivity index (χ0) is 13.0. The molecule has 0 bridgehead atoms. The standard InChI is InChI=1S/C13H22N4O/c1-4-14-8-11-7-10(2)15-13(16-11)12-9-17(3)5-6-18-12/h7,12,14H,4-6,8-9H2,1-3H3. The SMILES string of the molecule is CCNCc1cc(C)nc(C2CN(C)CCO2)n1. The highest BCUT2D eigenvalue weighted by Crippen LogP contribution is 2.18. The average Bonchev–Trinajstić information content (AvgIpc) is 2.36. The van der Waals surface area contributed by atoms with E-state index in [9.17, 15) is 0 Å². The lowest BCUT2D eigenvalue weighted by atomic mass is 10.2. The van der Waals surface area contributed by atoms with E-state index in [1.165, 1.54) is 0 Å². The number of rotatable bonds is 4. The van der Waals surface area contributed by atoms with Crippen molar-refractivity contribution in [2.75, 3.05) is 33.3 Å². The summed E-state index contributed by atoms with van der Waals surface area (Å²) in [7, 11) is 2.10. The molecule has 0 spiro atoms. The van der Waals surface area contributed by atoms with Gasteiger partial charge in [0.2, 0.25) is 0 Å². The number of aromatic nitrogens is 2. The van der Waals surface area contributed by atoms with Gasteiger partial charge in [-0.2, -0.15) is 0 Å². The van der Waals surface area contributed by atoms with Gasteiger partial charge in [0.05, 0.1) is 12.3 Å². The van der Waals surface area contributed by atoms with Gasteiger partial charge in [-0.3, -0.25) is 0 Å². The monoisotopic (exact) mass is 250 g/mol. The number of likely N-dealkylation sites (N-methyl/N-ethyl adjacent to an activating group) is 1. The zero-order valence-corrected chi connectivity index (χ0v) is 11.4. The first kappa shape index (κ1) is 13.4. The van der Waals surface area contributed by atoms with Crippen molar-refractivity contribution in [3.05, 3.63) is 23.3 Å². The molecule has 100 valence electrons. The van der Waals surface area contributed by atoms with Crippen LogP contribution in [0, 0.1) is 6.92 Å². The van der Waals surface area contributed by atoms with Gasteiger partial charge >= 0.3 is 0 Å². The van der Waals surface area contributed by atoms with Crippen molar-refractivity contribution in [1.29, 1.82) is 0 Å². The highest BCUT2D eigenvalue weighted by Gasteiger charge is 2.22. The molecule has 1 saturated heterocycles. The largest absolute Gasteiger partial charge is 0.368 e. The summed E-state index contributed by atoms with van der Waals surface area (Å²) in [5.41, 5.74) is 2.04. The Labute approximate surface area is 109 Å². The molecule has 2 rings (SSSR count). The number of morpholine rings is 1. The first-order valence-corrected chi connectivity index (χ1v) is 6.54. The Hall–Kier alpha value is -1.04. The fourth-order valence-electron chi connectivity index (χ4n) is 2.08. The van der Waals surface area contributed by atoms with Gasteiger partial charge in [-0.05, 0) is 26.6 Å². The maximum Gasteiger partial charge on any atom is 0.158 e. The molecular formula is C13H22N4O. The summed E-state index contributed by atoms with van der Waals surface area (Å²) in [6.45, 7) is 8.43. The molecule has 1 unspecified atom stereocenters. The molecular weight excluding hydrogens is 228 g/mol. The zero-order valence-electron chi connectivity index (χ0n) is 11.4. The van der Waals surface area contributed by atoms with E-state index in [1.807, 2.05) is 13.0 Å². The minimum Gasteiger partial charge on any atom is -0.368 e. The molecule has 1 atom stereocenters. The predicted octanol–water partition coefficient (Wildman–Crippen LogP) is 0.898. The first-order chi connectivity index (χ1) is 8.69. The number of hydrogen-bond acceptors (Lipinski definition) is 5. The molecule has 0 saturated carbocycles. The van der Waals surface area contributed by atoms with E-state index in [1.54, 1.807) is 0 Å². The highest BCUT2D eigenvalue weighted by atomic mass is 16.5. The van der Waals surface area contributed by atoms with Crippen LogP contribution in [0.25, 0.3) is 0 Å². The summed E-state index contributed by atoms with van der Waals surface area (Å²) in [5.74, 6) is 0.814. The van der Waals surface area contributed by atoms with E-state index in [4.69, 9.17) is 4.74 Å². The molecule has 1 aromatic rings. The number of ether oxygens (including phenoxy) is 1. The highest BCUT2D eigenvalue weighted by molar-refractivity contribution is 5.11. The predicted molar refractivity (Wildman–Crippen MR) is 70.3 cm³/mol. The summed E-state index contributed by atoms with van der Waals surface area (Å²) < 4.78 is 5.76. The van der Waals surface area contributed by atoms with Gasteiger partial charge in [0.1, 0.15) is 6.10 Å². The van der Waals surface area contributed by atoms with Crippen molar-refractivity contribution < 1.29 is 4.74 Å². The molecule has 1 fully saturated rings. The second-order valence-corrected chi connectivity index (χ2v) is 4.76. The molecule has 5 nitrogen and oxygen atoms in total. The fraction of sp³-hybridized carbons (Fsp3) is 0.692. The molecule has 0 amide bonds. The number of nitrogens with one attached hydrogen (secondary N) is 1. The van der Waals surface area contributed by atoms with Crippen LogP contribution in [-0.2, 0) is 11.3 Å². The third-order valence-corrected chi connectivity index (χ3v) is 3.04. The Morgan fingerprint density at radius 1 is 1.50 bits per heavy atom. The van der Waals surface area contributed by atoms with Crippen LogP contribution in [-0.4, -0.2) is 48.2 Å².